The normalized spacial score (nSPS) is 37.1. The van der Waals surface area contributed by atoms with Crippen LogP contribution in [0, 0.1) is 35.5 Å². The maximum atomic E-state index is 6.75. The summed E-state index contributed by atoms with van der Waals surface area (Å²) in [4.78, 5) is 0. The van der Waals surface area contributed by atoms with E-state index >= 15 is 0 Å². The van der Waals surface area contributed by atoms with Crippen LogP contribution >= 0.6 is 0 Å². The molecule has 2 aromatic rings. The fourth-order valence-corrected chi connectivity index (χ4v) is 12.2. The van der Waals surface area contributed by atoms with Crippen molar-refractivity contribution in [2.45, 2.75) is 87.9 Å². The molecule has 2 heterocycles. The number of ether oxygens (including phenoxy) is 6. The van der Waals surface area contributed by atoms with Gasteiger partial charge in [0.1, 0.15) is 50.5 Å². The molecule has 0 saturated heterocycles. The summed E-state index contributed by atoms with van der Waals surface area (Å²) in [7, 11) is 0. The van der Waals surface area contributed by atoms with Crippen molar-refractivity contribution in [3.05, 3.63) is 59.4 Å². The van der Waals surface area contributed by atoms with Gasteiger partial charge in [-0.3, -0.25) is 0 Å². The monoisotopic (exact) mass is 624 g/mol. The summed E-state index contributed by atoms with van der Waals surface area (Å²) >= 11 is 0. The largest absolute Gasteiger partial charge is 0.491 e. The predicted octanol–water partition coefficient (Wildman–Crippen LogP) is 8.31. The van der Waals surface area contributed by atoms with Gasteiger partial charge in [-0.1, -0.05) is 0 Å². The highest BCUT2D eigenvalue weighted by atomic mass is 16.6. The lowest BCUT2D eigenvalue weighted by molar-refractivity contribution is -0.00552. The first-order chi connectivity index (χ1) is 22.6. The maximum absolute atomic E-state index is 6.75. The smallest absolute Gasteiger partial charge is 0.164 e. The van der Waals surface area contributed by atoms with Gasteiger partial charge >= 0.3 is 0 Å². The number of hydrogen-bond donors (Lipinski definition) is 0. The van der Waals surface area contributed by atoms with Gasteiger partial charge in [-0.05, 0) is 159 Å². The summed E-state index contributed by atoms with van der Waals surface area (Å²) in [6.45, 7) is 3.18. The van der Waals surface area contributed by atoms with Crippen molar-refractivity contribution in [1.82, 2.24) is 0 Å². The first kappa shape index (κ1) is 28.3. The average Bonchev–Trinajstić information content (AvgIpc) is 3.96. The molecule has 0 amide bonds. The topological polar surface area (TPSA) is 62.0 Å². The van der Waals surface area contributed by atoms with E-state index in [0.717, 1.165) is 58.5 Å². The molecule has 8 saturated carbocycles. The molecule has 0 unspecified atom stereocenters. The zero-order chi connectivity index (χ0) is 30.3. The van der Waals surface area contributed by atoms with Crippen molar-refractivity contribution in [1.29, 1.82) is 0 Å². The van der Waals surface area contributed by atoms with Gasteiger partial charge in [-0.2, -0.15) is 0 Å². The van der Waals surface area contributed by atoms with Gasteiger partial charge in [-0.25, -0.2) is 0 Å². The van der Waals surface area contributed by atoms with Crippen LogP contribution in [0.3, 0.4) is 0 Å². The number of benzene rings is 2. The zero-order valence-corrected chi connectivity index (χ0v) is 27.1. The molecule has 8 fully saturated rings. The second kappa shape index (κ2) is 10.9. The lowest BCUT2D eigenvalue weighted by Gasteiger charge is -2.57. The molecule has 2 aliphatic heterocycles. The molecular weight excluding hydrogens is 576 g/mol. The SMILES string of the molecule is C1=C(COCCOc2cc(C34CC5CC(CC(C5)C3)C4)cc3c(OCCOCC4=CO4)cc(C45CC6CC(CC(C6)C4)C5)cc23)O1. The highest BCUT2D eigenvalue weighted by molar-refractivity contribution is 5.95. The molecular formula is C40H48O6. The number of hydrogen-bond acceptors (Lipinski definition) is 6. The van der Waals surface area contributed by atoms with E-state index in [1.165, 1.54) is 98.9 Å². The van der Waals surface area contributed by atoms with Gasteiger partial charge in [0.25, 0.3) is 0 Å². The van der Waals surface area contributed by atoms with Crippen LogP contribution in [-0.2, 0) is 29.8 Å². The molecule has 46 heavy (non-hydrogen) atoms. The van der Waals surface area contributed by atoms with Crippen LogP contribution in [0.2, 0.25) is 0 Å². The van der Waals surface area contributed by atoms with Gasteiger partial charge in [0, 0.05) is 10.8 Å². The van der Waals surface area contributed by atoms with Crippen LogP contribution in [0.4, 0.5) is 0 Å². The first-order valence-electron chi connectivity index (χ1n) is 18.3. The van der Waals surface area contributed by atoms with E-state index in [0.29, 0.717) is 39.6 Å². The molecule has 0 aromatic heterocycles. The van der Waals surface area contributed by atoms with Crippen LogP contribution in [0.25, 0.3) is 10.8 Å². The average molecular weight is 625 g/mol. The van der Waals surface area contributed by atoms with Crippen molar-refractivity contribution >= 4 is 10.8 Å². The molecule has 244 valence electrons. The Morgan fingerprint density at radius 3 is 1.17 bits per heavy atom. The summed E-state index contributed by atoms with van der Waals surface area (Å²) in [6.07, 6.45) is 20.1. The Morgan fingerprint density at radius 1 is 0.500 bits per heavy atom. The van der Waals surface area contributed by atoms with Crippen LogP contribution in [0.1, 0.15) is 88.2 Å². The molecule has 10 aliphatic rings. The Balaban J connectivity index is 1.04. The molecule has 0 spiro atoms. The van der Waals surface area contributed by atoms with E-state index in [9.17, 15) is 0 Å². The van der Waals surface area contributed by atoms with Crippen LogP contribution in [0.15, 0.2) is 48.3 Å². The Morgan fingerprint density at radius 2 is 0.848 bits per heavy atom. The molecule has 8 bridgehead atoms. The van der Waals surface area contributed by atoms with E-state index in [4.69, 9.17) is 28.4 Å². The molecule has 12 rings (SSSR count). The van der Waals surface area contributed by atoms with Crippen LogP contribution < -0.4 is 9.47 Å². The molecule has 8 aliphatic carbocycles. The van der Waals surface area contributed by atoms with E-state index < -0.39 is 0 Å². The van der Waals surface area contributed by atoms with Gasteiger partial charge in [0.15, 0.2) is 11.5 Å². The highest BCUT2D eigenvalue weighted by Gasteiger charge is 2.53. The molecule has 6 heteroatoms. The Kier molecular flexibility index (Phi) is 6.72. The summed E-state index contributed by atoms with van der Waals surface area (Å²) < 4.78 is 35.5. The maximum Gasteiger partial charge on any atom is 0.164 e. The second-order valence-corrected chi connectivity index (χ2v) is 16.6. The quantitative estimate of drug-likeness (QED) is 0.197. The fraction of sp³-hybridized carbons (Fsp3) is 0.650. The number of rotatable bonds is 14. The van der Waals surface area contributed by atoms with E-state index in [1.807, 2.05) is 0 Å². The van der Waals surface area contributed by atoms with Crippen molar-refractivity contribution in [3.63, 3.8) is 0 Å². The minimum absolute atomic E-state index is 0.268. The molecule has 0 atom stereocenters. The zero-order valence-electron chi connectivity index (χ0n) is 27.1. The van der Waals surface area contributed by atoms with Crippen molar-refractivity contribution in [3.8, 4) is 11.5 Å². The third-order valence-electron chi connectivity index (χ3n) is 13.3. The first-order valence-corrected chi connectivity index (χ1v) is 18.3. The summed E-state index contributed by atoms with van der Waals surface area (Å²) in [5, 5.41) is 2.42. The van der Waals surface area contributed by atoms with Gasteiger partial charge in [-0.15, -0.1) is 0 Å². The predicted molar refractivity (Wildman–Crippen MR) is 175 cm³/mol. The third kappa shape index (κ3) is 5.23. The van der Waals surface area contributed by atoms with E-state index in [-0.39, 0.29) is 10.8 Å². The highest BCUT2D eigenvalue weighted by Crippen LogP contribution is 2.63. The van der Waals surface area contributed by atoms with Crippen LogP contribution in [-0.4, -0.2) is 39.6 Å². The summed E-state index contributed by atoms with van der Waals surface area (Å²) in [5.41, 5.74) is 3.50. The van der Waals surface area contributed by atoms with Gasteiger partial charge in [0.05, 0.1) is 13.2 Å². The molecule has 2 aromatic carbocycles. The Bertz CT molecular complexity index is 1400. The van der Waals surface area contributed by atoms with Gasteiger partial charge < -0.3 is 28.4 Å². The lowest BCUT2D eigenvalue weighted by atomic mass is 9.47. The Labute approximate surface area is 272 Å². The van der Waals surface area contributed by atoms with E-state index in [1.54, 1.807) is 12.5 Å². The van der Waals surface area contributed by atoms with Crippen molar-refractivity contribution in [2.24, 2.45) is 35.5 Å². The molecule has 6 nitrogen and oxygen atoms in total. The molecule has 0 N–H and O–H groups in total. The van der Waals surface area contributed by atoms with Gasteiger partial charge in [0.2, 0.25) is 0 Å². The second-order valence-electron chi connectivity index (χ2n) is 16.6. The van der Waals surface area contributed by atoms with Crippen molar-refractivity contribution in [2.75, 3.05) is 39.6 Å². The third-order valence-corrected chi connectivity index (χ3v) is 13.3. The fourth-order valence-electron chi connectivity index (χ4n) is 12.2. The Hall–Kier alpha value is -2.70. The number of fused-ring (bicyclic) bond motifs is 1. The van der Waals surface area contributed by atoms with E-state index in [2.05, 4.69) is 24.3 Å². The van der Waals surface area contributed by atoms with Crippen molar-refractivity contribution < 1.29 is 28.4 Å². The minimum atomic E-state index is 0.268. The summed E-state index contributed by atoms with van der Waals surface area (Å²) in [6, 6.07) is 9.93. The molecule has 0 radical (unpaired) electrons. The summed E-state index contributed by atoms with van der Waals surface area (Å²) in [5.74, 6) is 9.17. The standard InChI is InChI=1S/C40H48O6/c1(41-21-33-23-45-33)3-43-37-13-31(39-15-25-5-26(16-39)7-27(6-25)17-39)12-36-35(37)11-32(14-38(36)44-4-2-42-22-34-24-46-34)40-18-28-8-29(19-40)10-30(9-28)20-40/h11-14,23-30H,1-10,15-22H2. The van der Waals surface area contributed by atoms with Crippen LogP contribution in [0.5, 0.6) is 11.5 Å². The minimum Gasteiger partial charge on any atom is -0.491 e. The lowest BCUT2D eigenvalue weighted by Crippen LogP contribution is -2.48.